The maximum atomic E-state index is 6.04. The summed E-state index contributed by atoms with van der Waals surface area (Å²) >= 11 is 0. The fourth-order valence-corrected chi connectivity index (χ4v) is 2.81. The molecule has 3 heteroatoms. The van der Waals surface area contributed by atoms with E-state index >= 15 is 0 Å². The molecule has 3 nitrogen and oxygen atoms in total. The Morgan fingerprint density at radius 3 is 2.89 bits per heavy atom. The lowest BCUT2D eigenvalue weighted by atomic mass is 9.84. The zero-order valence-electron chi connectivity index (χ0n) is 11.4. The normalized spacial score (nSPS) is 23.7. The lowest BCUT2D eigenvalue weighted by molar-refractivity contribution is 0.327. The van der Waals surface area contributed by atoms with Crippen LogP contribution in [0.25, 0.3) is 0 Å². The number of nitrogen functional groups attached to an aromatic ring is 1. The molecule has 0 bridgehead atoms. The number of nitrogens with two attached hydrogens (primary N) is 1. The Bertz CT molecular complexity index is 392. The molecule has 2 rings (SSSR count). The number of hydrogen-bond acceptors (Lipinski definition) is 3. The van der Waals surface area contributed by atoms with Crippen molar-refractivity contribution in [1.29, 1.82) is 0 Å². The molecule has 0 saturated heterocycles. The van der Waals surface area contributed by atoms with Crippen LogP contribution in [0, 0.1) is 5.92 Å². The third kappa shape index (κ3) is 3.09. The molecule has 1 aliphatic carbocycles. The minimum Gasteiger partial charge on any atom is -0.497 e. The van der Waals surface area contributed by atoms with Crippen LogP contribution in [0.1, 0.15) is 39.0 Å². The van der Waals surface area contributed by atoms with E-state index in [4.69, 9.17) is 10.5 Å². The summed E-state index contributed by atoms with van der Waals surface area (Å²) in [6, 6.07) is 6.42. The number of benzene rings is 1. The van der Waals surface area contributed by atoms with E-state index in [1.807, 2.05) is 18.2 Å². The van der Waals surface area contributed by atoms with Gasteiger partial charge in [0.15, 0.2) is 0 Å². The number of anilines is 2. The molecule has 2 atom stereocenters. The zero-order chi connectivity index (χ0) is 13.0. The first-order chi connectivity index (χ1) is 8.72. The highest BCUT2D eigenvalue weighted by Crippen LogP contribution is 2.31. The number of rotatable bonds is 4. The molecule has 0 amide bonds. The minimum absolute atomic E-state index is 0.569. The van der Waals surface area contributed by atoms with Gasteiger partial charge < -0.3 is 15.8 Å². The SMILES string of the molecule is CCC1CCCC(Nc2ccc(OC)cc2N)C1. The summed E-state index contributed by atoms with van der Waals surface area (Å²) in [4.78, 5) is 0. The van der Waals surface area contributed by atoms with Crippen LogP contribution in [0.2, 0.25) is 0 Å². The van der Waals surface area contributed by atoms with Gasteiger partial charge in [-0.05, 0) is 30.9 Å². The molecule has 0 aromatic heterocycles. The minimum atomic E-state index is 0.569. The summed E-state index contributed by atoms with van der Waals surface area (Å²) in [5.41, 5.74) is 7.85. The number of methoxy groups -OCH3 is 1. The molecule has 100 valence electrons. The van der Waals surface area contributed by atoms with Gasteiger partial charge in [0.1, 0.15) is 5.75 Å². The van der Waals surface area contributed by atoms with E-state index in [2.05, 4.69) is 12.2 Å². The van der Waals surface area contributed by atoms with E-state index in [-0.39, 0.29) is 0 Å². The summed E-state index contributed by atoms with van der Waals surface area (Å²) in [5.74, 6) is 1.68. The van der Waals surface area contributed by atoms with Crippen LogP contribution in [0.15, 0.2) is 18.2 Å². The molecule has 1 fully saturated rings. The molecule has 1 aromatic rings. The van der Waals surface area contributed by atoms with Gasteiger partial charge in [0.05, 0.1) is 18.5 Å². The van der Waals surface area contributed by atoms with Crippen LogP contribution < -0.4 is 15.8 Å². The summed E-state index contributed by atoms with van der Waals surface area (Å²) in [6.07, 6.45) is 6.51. The average molecular weight is 248 g/mol. The third-order valence-electron chi connectivity index (χ3n) is 3.98. The molecule has 1 saturated carbocycles. The molecule has 18 heavy (non-hydrogen) atoms. The van der Waals surface area contributed by atoms with Gasteiger partial charge in [-0.25, -0.2) is 0 Å². The molecule has 3 N–H and O–H groups in total. The van der Waals surface area contributed by atoms with Crippen molar-refractivity contribution in [2.45, 2.75) is 45.1 Å². The van der Waals surface area contributed by atoms with Crippen molar-refractivity contribution < 1.29 is 4.74 Å². The smallest absolute Gasteiger partial charge is 0.121 e. The molecule has 0 heterocycles. The number of nitrogens with one attached hydrogen (secondary N) is 1. The van der Waals surface area contributed by atoms with Crippen molar-refractivity contribution in [3.8, 4) is 5.75 Å². The van der Waals surface area contributed by atoms with Crippen molar-refractivity contribution in [3.63, 3.8) is 0 Å². The summed E-state index contributed by atoms with van der Waals surface area (Å²) in [5, 5.41) is 3.58. The van der Waals surface area contributed by atoms with E-state index in [9.17, 15) is 0 Å². The van der Waals surface area contributed by atoms with Gasteiger partial charge in [0.2, 0.25) is 0 Å². The second kappa shape index (κ2) is 5.98. The zero-order valence-corrected chi connectivity index (χ0v) is 11.4. The molecule has 2 unspecified atom stereocenters. The highest BCUT2D eigenvalue weighted by Gasteiger charge is 2.20. The lowest BCUT2D eigenvalue weighted by Crippen LogP contribution is -2.27. The topological polar surface area (TPSA) is 47.3 Å². The number of ether oxygens (including phenoxy) is 1. The van der Waals surface area contributed by atoms with Gasteiger partial charge in [0.25, 0.3) is 0 Å². The second-order valence-electron chi connectivity index (χ2n) is 5.24. The Hall–Kier alpha value is -1.38. The molecule has 1 aliphatic rings. The fraction of sp³-hybridized carbons (Fsp3) is 0.600. The van der Waals surface area contributed by atoms with Crippen LogP contribution in [0.5, 0.6) is 5.75 Å². The van der Waals surface area contributed by atoms with E-state index in [0.29, 0.717) is 6.04 Å². The molecule has 0 aliphatic heterocycles. The maximum absolute atomic E-state index is 6.04. The molecule has 0 spiro atoms. The molecule has 0 radical (unpaired) electrons. The van der Waals surface area contributed by atoms with E-state index in [0.717, 1.165) is 23.0 Å². The van der Waals surface area contributed by atoms with Crippen LogP contribution in [-0.4, -0.2) is 13.2 Å². The van der Waals surface area contributed by atoms with Crippen molar-refractivity contribution >= 4 is 11.4 Å². The Morgan fingerprint density at radius 2 is 2.22 bits per heavy atom. The van der Waals surface area contributed by atoms with Crippen molar-refractivity contribution in [1.82, 2.24) is 0 Å². The van der Waals surface area contributed by atoms with E-state index in [1.165, 1.54) is 32.1 Å². The van der Waals surface area contributed by atoms with Crippen LogP contribution >= 0.6 is 0 Å². The summed E-state index contributed by atoms with van der Waals surface area (Å²) < 4.78 is 5.17. The largest absolute Gasteiger partial charge is 0.497 e. The first kappa shape index (κ1) is 13.1. The highest BCUT2D eigenvalue weighted by atomic mass is 16.5. The van der Waals surface area contributed by atoms with Gasteiger partial charge in [0, 0.05) is 12.1 Å². The standard InChI is InChI=1S/C15H24N2O/c1-3-11-5-4-6-12(9-11)17-15-8-7-13(18-2)10-14(15)16/h7-8,10-12,17H,3-6,9,16H2,1-2H3. The van der Waals surface area contributed by atoms with Gasteiger partial charge in [-0.2, -0.15) is 0 Å². The van der Waals surface area contributed by atoms with E-state index in [1.54, 1.807) is 7.11 Å². The fourth-order valence-electron chi connectivity index (χ4n) is 2.81. The van der Waals surface area contributed by atoms with Gasteiger partial charge in [-0.1, -0.05) is 26.2 Å². The van der Waals surface area contributed by atoms with Gasteiger partial charge in [-0.3, -0.25) is 0 Å². The predicted molar refractivity (Wildman–Crippen MR) is 77.1 cm³/mol. The first-order valence-corrected chi connectivity index (χ1v) is 6.93. The Balaban J connectivity index is 2.00. The third-order valence-corrected chi connectivity index (χ3v) is 3.98. The second-order valence-corrected chi connectivity index (χ2v) is 5.24. The summed E-state index contributed by atoms with van der Waals surface area (Å²) in [6.45, 7) is 2.29. The Kier molecular flexibility index (Phi) is 4.34. The average Bonchev–Trinajstić information content (AvgIpc) is 2.41. The lowest BCUT2D eigenvalue weighted by Gasteiger charge is -2.30. The highest BCUT2D eigenvalue weighted by molar-refractivity contribution is 5.68. The molecule has 1 aromatic carbocycles. The van der Waals surface area contributed by atoms with Crippen LogP contribution in [0.3, 0.4) is 0 Å². The number of hydrogen-bond donors (Lipinski definition) is 2. The van der Waals surface area contributed by atoms with Crippen molar-refractivity contribution in [3.05, 3.63) is 18.2 Å². The van der Waals surface area contributed by atoms with Gasteiger partial charge in [-0.15, -0.1) is 0 Å². The Labute approximate surface area is 110 Å². The first-order valence-electron chi connectivity index (χ1n) is 6.93. The van der Waals surface area contributed by atoms with Crippen LogP contribution in [-0.2, 0) is 0 Å². The summed E-state index contributed by atoms with van der Waals surface area (Å²) in [7, 11) is 1.66. The van der Waals surface area contributed by atoms with Crippen molar-refractivity contribution in [2.24, 2.45) is 5.92 Å². The predicted octanol–water partition coefficient (Wildman–Crippen LogP) is 3.66. The molecular formula is C15H24N2O. The van der Waals surface area contributed by atoms with E-state index < -0.39 is 0 Å². The van der Waals surface area contributed by atoms with Crippen LogP contribution in [0.4, 0.5) is 11.4 Å². The van der Waals surface area contributed by atoms with Gasteiger partial charge >= 0.3 is 0 Å². The maximum Gasteiger partial charge on any atom is 0.121 e. The molecular weight excluding hydrogens is 224 g/mol. The Morgan fingerprint density at radius 1 is 1.39 bits per heavy atom. The van der Waals surface area contributed by atoms with Crippen molar-refractivity contribution in [2.75, 3.05) is 18.2 Å². The monoisotopic (exact) mass is 248 g/mol. The quantitative estimate of drug-likeness (QED) is 0.799.